The summed E-state index contributed by atoms with van der Waals surface area (Å²) in [5.74, 6) is -0.370. The lowest BCUT2D eigenvalue weighted by atomic mass is 9.84. The van der Waals surface area contributed by atoms with Gasteiger partial charge in [0.25, 0.3) is 5.91 Å². The summed E-state index contributed by atoms with van der Waals surface area (Å²) in [5, 5.41) is 0. The van der Waals surface area contributed by atoms with E-state index >= 15 is 0 Å². The van der Waals surface area contributed by atoms with Crippen molar-refractivity contribution in [1.29, 1.82) is 0 Å². The Morgan fingerprint density at radius 2 is 1.78 bits per heavy atom. The van der Waals surface area contributed by atoms with Gasteiger partial charge in [-0.1, -0.05) is 25.3 Å². The van der Waals surface area contributed by atoms with Gasteiger partial charge < -0.3 is 9.64 Å². The molecule has 2 heterocycles. The minimum absolute atomic E-state index is 0.00197. The van der Waals surface area contributed by atoms with Gasteiger partial charge in [0.05, 0.1) is 12.0 Å². The molecule has 3 aliphatic rings. The molecule has 4 unspecified atom stereocenters. The van der Waals surface area contributed by atoms with Crippen molar-refractivity contribution in [3.8, 4) is 0 Å². The van der Waals surface area contributed by atoms with Crippen LogP contribution in [0.25, 0.3) is 0 Å². The third-order valence-corrected chi connectivity index (χ3v) is 9.59. The van der Waals surface area contributed by atoms with Crippen molar-refractivity contribution in [2.75, 3.05) is 13.7 Å². The lowest BCUT2D eigenvalue weighted by Crippen LogP contribution is -2.47. The molecule has 32 heavy (non-hydrogen) atoms. The van der Waals surface area contributed by atoms with Crippen LogP contribution in [0.2, 0.25) is 0 Å². The van der Waals surface area contributed by atoms with Gasteiger partial charge in [0.15, 0.2) is 0 Å². The number of amides is 1. The summed E-state index contributed by atoms with van der Waals surface area (Å²) in [7, 11) is -2.34. The first-order valence-electron chi connectivity index (χ1n) is 11.8. The highest BCUT2D eigenvalue weighted by Gasteiger charge is 2.48. The summed E-state index contributed by atoms with van der Waals surface area (Å²) in [6.45, 7) is 4.25. The highest BCUT2D eigenvalue weighted by Crippen LogP contribution is 2.41. The van der Waals surface area contributed by atoms with Gasteiger partial charge in [-0.25, -0.2) is 13.2 Å². The van der Waals surface area contributed by atoms with Gasteiger partial charge in [0.2, 0.25) is 10.0 Å². The summed E-state index contributed by atoms with van der Waals surface area (Å²) in [4.78, 5) is 28.2. The fourth-order valence-electron chi connectivity index (χ4n) is 5.79. The molecule has 0 N–H and O–H groups in total. The van der Waals surface area contributed by atoms with Crippen molar-refractivity contribution >= 4 is 21.9 Å². The number of likely N-dealkylation sites (tertiary alicyclic amines) is 1. The normalized spacial score (nSPS) is 28.9. The largest absolute Gasteiger partial charge is 0.467 e. The molecule has 1 amide bonds. The second kappa shape index (κ2) is 9.14. The molecule has 3 fully saturated rings. The summed E-state index contributed by atoms with van der Waals surface area (Å²) in [6.07, 6.45) is 7.33. The lowest BCUT2D eigenvalue weighted by molar-refractivity contribution is -0.145. The molecule has 7 nitrogen and oxygen atoms in total. The molecule has 2 aliphatic heterocycles. The zero-order chi connectivity index (χ0) is 23.0. The Morgan fingerprint density at radius 1 is 1.06 bits per heavy atom. The van der Waals surface area contributed by atoms with Crippen LogP contribution in [0.1, 0.15) is 74.2 Å². The van der Waals surface area contributed by atoms with Crippen LogP contribution in [0, 0.1) is 12.8 Å². The molecular weight excluding hydrogens is 428 g/mol. The van der Waals surface area contributed by atoms with Crippen LogP contribution in [0.4, 0.5) is 0 Å². The number of piperidine rings is 1. The molecular formula is C24H34N2O5S. The maximum absolute atomic E-state index is 13.8. The van der Waals surface area contributed by atoms with E-state index in [-0.39, 0.29) is 22.9 Å². The van der Waals surface area contributed by atoms with Crippen LogP contribution in [0.15, 0.2) is 23.1 Å². The maximum atomic E-state index is 13.8. The van der Waals surface area contributed by atoms with Gasteiger partial charge in [0.1, 0.15) is 6.04 Å². The maximum Gasteiger partial charge on any atom is 0.328 e. The molecule has 2 saturated heterocycles. The second-order valence-electron chi connectivity index (χ2n) is 9.54. The van der Waals surface area contributed by atoms with Gasteiger partial charge >= 0.3 is 5.97 Å². The van der Waals surface area contributed by atoms with Crippen LogP contribution in [0.3, 0.4) is 0 Å². The Morgan fingerprint density at radius 3 is 2.50 bits per heavy atom. The van der Waals surface area contributed by atoms with Crippen molar-refractivity contribution in [3.63, 3.8) is 0 Å². The first-order valence-corrected chi connectivity index (χ1v) is 13.2. The number of hydrogen-bond acceptors (Lipinski definition) is 5. The third-order valence-electron chi connectivity index (χ3n) is 7.58. The molecule has 8 heteroatoms. The van der Waals surface area contributed by atoms with Gasteiger partial charge in [-0.2, -0.15) is 4.31 Å². The number of aryl methyl sites for hydroxylation is 1. The molecule has 4 atom stereocenters. The predicted octanol–water partition coefficient (Wildman–Crippen LogP) is 3.50. The van der Waals surface area contributed by atoms with E-state index in [9.17, 15) is 18.0 Å². The lowest BCUT2D eigenvalue weighted by Gasteiger charge is -2.34. The Labute approximate surface area is 191 Å². The number of rotatable bonds is 4. The number of nitrogens with zero attached hydrogens (tertiary/aromatic N) is 2. The van der Waals surface area contributed by atoms with Gasteiger partial charge in [-0.15, -0.1) is 0 Å². The van der Waals surface area contributed by atoms with Gasteiger partial charge in [0, 0.05) is 24.2 Å². The van der Waals surface area contributed by atoms with Crippen molar-refractivity contribution in [1.82, 2.24) is 9.21 Å². The average molecular weight is 463 g/mol. The number of fused-ring (bicyclic) bond motifs is 1. The SMILES string of the molecule is COC(=O)C1CC2CCCCC2N1C(=O)c1cc(S(=O)(=O)N2CCCCC2C)ccc1C. The number of carbonyl (C=O) groups excluding carboxylic acids is 2. The van der Waals surface area contributed by atoms with E-state index in [0.29, 0.717) is 30.0 Å². The van der Waals surface area contributed by atoms with Crippen molar-refractivity contribution in [2.45, 2.75) is 88.2 Å². The van der Waals surface area contributed by atoms with E-state index in [0.717, 1.165) is 44.9 Å². The molecule has 176 valence electrons. The quantitative estimate of drug-likeness (QED) is 0.640. The minimum Gasteiger partial charge on any atom is -0.467 e. The van der Waals surface area contributed by atoms with E-state index in [4.69, 9.17) is 4.74 Å². The molecule has 1 aliphatic carbocycles. The molecule has 4 rings (SSSR count). The van der Waals surface area contributed by atoms with E-state index in [2.05, 4.69) is 0 Å². The van der Waals surface area contributed by atoms with Crippen molar-refractivity contribution in [2.24, 2.45) is 5.92 Å². The van der Waals surface area contributed by atoms with Gasteiger partial charge in [-0.05, 0) is 69.6 Å². The van der Waals surface area contributed by atoms with Gasteiger partial charge in [-0.3, -0.25) is 4.79 Å². The number of benzene rings is 1. The highest BCUT2D eigenvalue weighted by molar-refractivity contribution is 7.89. The fourth-order valence-corrected chi connectivity index (χ4v) is 7.52. The standard InChI is InChI=1S/C24H34N2O5S/c1-16-11-12-19(32(29,30)25-13-7-6-8-17(25)2)15-20(16)23(27)26-21-10-5-4-9-18(21)14-22(26)24(28)31-3/h11-12,15,17-18,21-22H,4-10,13-14H2,1-3H3. The number of carbonyl (C=O) groups is 2. The summed E-state index contributed by atoms with van der Waals surface area (Å²) >= 11 is 0. The molecule has 1 aromatic carbocycles. The Balaban J connectivity index is 1.69. The van der Waals surface area contributed by atoms with E-state index in [1.165, 1.54) is 13.2 Å². The van der Waals surface area contributed by atoms with Crippen LogP contribution in [-0.4, -0.2) is 61.3 Å². The zero-order valence-corrected chi connectivity index (χ0v) is 20.1. The van der Waals surface area contributed by atoms with Crippen molar-refractivity contribution < 1.29 is 22.7 Å². The van der Waals surface area contributed by atoms with Crippen LogP contribution in [0.5, 0.6) is 0 Å². The summed E-state index contributed by atoms with van der Waals surface area (Å²) in [5.41, 5.74) is 1.07. The molecule has 1 saturated carbocycles. The highest BCUT2D eigenvalue weighted by atomic mass is 32.2. The molecule has 0 bridgehead atoms. The summed E-state index contributed by atoms with van der Waals surface area (Å²) < 4.78 is 33.3. The van der Waals surface area contributed by atoms with Crippen molar-refractivity contribution in [3.05, 3.63) is 29.3 Å². The third kappa shape index (κ3) is 4.07. The Bertz CT molecular complexity index is 992. The number of ether oxygens (including phenoxy) is 1. The molecule has 1 aromatic rings. The second-order valence-corrected chi connectivity index (χ2v) is 11.4. The number of methoxy groups -OCH3 is 1. The Hall–Kier alpha value is -1.93. The first-order chi connectivity index (χ1) is 15.3. The minimum atomic E-state index is -3.69. The molecule has 0 aromatic heterocycles. The zero-order valence-electron chi connectivity index (χ0n) is 19.2. The van der Waals surface area contributed by atoms with Crippen LogP contribution >= 0.6 is 0 Å². The fraction of sp³-hybridized carbons (Fsp3) is 0.667. The average Bonchev–Trinajstić information content (AvgIpc) is 3.18. The topological polar surface area (TPSA) is 84.0 Å². The van der Waals surface area contributed by atoms with E-state index < -0.39 is 22.0 Å². The van der Waals surface area contributed by atoms with E-state index in [1.54, 1.807) is 21.3 Å². The predicted molar refractivity (Wildman–Crippen MR) is 121 cm³/mol. The van der Waals surface area contributed by atoms with Crippen LogP contribution in [-0.2, 0) is 19.6 Å². The number of esters is 1. The van der Waals surface area contributed by atoms with Crippen LogP contribution < -0.4 is 0 Å². The molecule has 0 spiro atoms. The monoisotopic (exact) mass is 462 g/mol. The molecule has 0 radical (unpaired) electrons. The smallest absolute Gasteiger partial charge is 0.328 e. The Kier molecular flexibility index (Phi) is 6.63. The summed E-state index contributed by atoms with van der Waals surface area (Å²) in [6, 6.07) is 4.15. The van der Waals surface area contributed by atoms with E-state index in [1.807, 2.05) is 13.8 Å². The first kappa shape index (κ1) is 23.2. The number of hydrogen-bond donors (Lipinski definition) is 0. The number of sulfonamides is 1.